The Morgan fingerprint density at radius 2 is 1.61 bits per heavy atom. The number of halogens is 6. The molecule has 1 amide bonds. The molecule has 0 fully saturated rings. The molecular weight excluding hydrogens is 422 g/mol. The van der Waals surface area contributed by atoms with Crippen LogP contribution in [-0.4, -0.2) is 13.0 Å². The van der Waals surface area contributed by atoms with Crippen LogP contribution in [0.2, 0.25) is 0 Å². The molecule has 3 aromatic carbocycles. The third-order valence-electron chi connectivity index (χ3n) is 4.64. The van der Waals surface area contributed by atoms with E-state index in [0.717, 1.165) is 30.1 Å². The topological polar surface area (TPSA) is 32.3 Å². The lowest BCUT2D eigenvalue weighted by Crippen LogP contribution is -2.18. The molecular formula is C22H16F6N2O. The van der Waals surface area contributed by atoms with E-state index < -0.39 is 40.8 Å². The average Bonchev–Trinajstić information content (AvgIpc) is 2.66. The molecule has 162 valence electrons. The first kappa shape index (κ1) is 22.2. The monoisotopic (exact) mass is 438 g/mol. The number of rotatable bonds is 4. The molecule has 1 N–H and O–H groups in total. The number of anilines is 3. The molecule has 0 aliphatic rings. The number of hydrogen-bond donors (Lipinski definition) is 1. The van der Waals surface area contributed by atoms with E-state index in [-0.39, 0.29) is 16.9 Å². The summed E-state index contributed by atoms with van der Waals surface area (Å²) in [6, 6.07) is 9.23. The average molecular weight is 438 g/mol. The Morgan fingerprint density at radius 3 is 2.23 bits per heavy atom. The lowest BCUT2D eigenvalue weighted by atomic mass is 10.1. The summed E-state index contributed by atoms with van der Waals surface area (Å²) in [5.41, 5.74) is -1.86. The highest BCUT2D eigenvalue weighted by molar-refractivity contribution is 6.05. The number of aryl methyl sites for hydroxylation is 1. The van der Waals surface area contributed by atoms with E-state index in [0.29, 0.717) is 23.8 Å². The van der Waals surface area contributed by atoms with E-state index in [1.165, 1.54) is 25.1 Å². The summed E-state index contributed by atoms with van der Waals surface area (Å²) in [7, 11) is 1.16. The molecule has 3 rings (SSSR count). The number of alkyl halides is 3. The number of nitrogens with one attached hydrogen (secondary N) is 1. The van der Waals surface area contributed by atoms with E-state index in [1.807, 2.05) is 0 Å². The van der Waals surface area contributed by atoms with E-state index in [4.69, 9.17) is 0 Å². The minimum Gasteiger partial charge on any atom is -0.342 e. The fraction of sp³-hybridized carbons (Fsp3) is 0.136. The quantitative estimate of drug-likeness (QED) is 0.475. The van der Waals surface area contributed by atoms with Gasteiger partial charge in [-0.05, 0) is 55.0 Å². The molecule has 0 radical (unpaired) electrons. The lowest BCUT2D eigenvalue weighted by Gasteiger charge is -2.24. The van der Waals surface area contributed by atoms with Crippen LogP contribution in [-0.2, 0) is 6.18 Å². The second kappa shape index (κ2) is 8.33. The van der Waals surface area contributed by atoms with Gasteiger partial charge < -0.3 is 10.2 Å². The van der Waals surface area contributed by atoms with Gasteiger partial charge in [-0.25, -0.2) is 13.2 Å². The third kappa shape index (κ3) is 4.65. The molecule has 0 bridgehead atoms. The maximum absolute atomic E-state index is 14.7. The van der Waals surface area contributed by atoms with Gasteiger partial charge in [0.1, 0.15) is 17.5 Å². The van der Waals surface area contributed by atoms with Crippen molar-refractivity contribution in [2.75, 3.05) is 17.3 Å². The predicted octanol–water partition coefficient (Wildman–Crippen LogP) is 6.45. The van der Waals surface area contributed by atoms with Crippen molar-refractivity contribution >= 4 is 23.0 Å². The zero-order valence-corrected chi connectivity index (χ0v) is 16.3. The van der Waals surface area contributed by atoms with Crippen molar-refractivity contribution in [2.24, 2.45) is 0 Å². The summed E-state index contributed by atoms with van der Waals surface area (Å²) >= 11 is 0. The van der Waals surface area contributed by atoms with Gasteiger partial charge in [-0.3, -0.25) is 4.79 Å². The molecule has 0 saturated carbocycles. The van der Waals surface area contributed by atoms with Crippen LogP contribution in [0.3, 0.4) is 0 Å². The maximum Gasteiger partial charge on any atom is 0.418 e. The minimum atomic E-state index is -4.78. The Balaban J connectivity index is 1.91. The van der Waals surface area contributed by atoms with Crippen molar-refractivity contribution < 1.29 is 31.1 Å². The summed E-state index contributed by atoms with van der Waals surface area (Å²) in [4.78, 5) is 13.2. The van der Waals surface area contributed by atoms with Crippen LogP contribution < -0.4 is 10.2 Å². The molecule has 0 aliphatic carbocycles. The Morgan fingerprint density at radius 1 is 0.903 bits per heavy atom. The van der Waals surface area contributed by atoms with Gasteiger partial charge in [-0.1, -0.05) is 12.1 Å². The zero-order valence-electron chi connectivity index (χ0n) is 16.3. The minimum absolute atomic E-state index is 0.0300. The van der Waals surface area contributed by atoms with E-state index in [2.05, 4.69) is 5.32 Å². The Labute approximate surface area is 173 Å². The first-order chi connectivity index (χ1) is 14.5. The van der Waals surface area contributed by atoms with Crippen LogP contribution in [0, 0.1) is 24.4 Å². The molecule has 0 saturated heterocycles. The highest BCUT2D eigenvalue weighted by atomic mass is 19.4. The summed E-state index contributed by atoms with van der Waals surface area (Å²) in [5, 5.41) is 2.35. The highest BCUT2D eigenvalue weighted by Gasteiger charge is 2.35. The third-order valence-corrected chi connectivity index (χ3v) is 4.64. The maximum atomic E-state index is 14.7. The summed E-state index contributed by atoms with van der Waals surface area (Å²) in [6.45, 7) is 1.54. The second-order valence-electron chi connectivity index (χ2n) is 6.77. The van der Waals surface area contributed by atoms with Gasteiger partial charge in [-0.2, -0.15) is 13.2 Å². The largest absolute Gasteiger partial charge is 0.418 e. The van der Waals surface area contributed by atoms with Gasteiger partial charge >= 0.3 is 6.18 Å². The Kier molecular flexibility index (Phi) is 5.97. The van der Waals surface area contributed by atoms with Crippen LogP contribution in [0.1, 0.15) is 21.5 Å². The van der Waals surface area contributed by atoms with Gasteiger partial charge in [0.15, 0.2) is 0 Å². The fourth-order valence-electron chi connectivity index (χ4n) is 3.12. The number of nitrogens with zero attached hydrogens (tertiary/aromatic N) is 1. The first-order valence-corrected chi connectivity index (χ1v) is 8.95. The molecule has 9 heteroatoms. The van der Waals surface area contributed by atoms with Gasteiger partial charge in [0.2, 0.25) is 0 Å². The number of hydrogen-bond acceptors (Lipinski definition) is 2. The Bertz CT molecular complexity index is 1120. The van der Waals surface area contributed by atoms with E-state index >= 15 is 0 Å². The van der Waals surface area contributed by atoms with Crippen LogP contribution in [0.4, 0.5) is 43.4 Å². The number of carbonyl (C=O) groups excluding carboxylic acids is 1. The molecule has 3 nitrogen and oxygen atoms in total. The predicted molar refractivity (Wildman–Crippen MR) is 105 cm³/mol. The summed E-state index contributed by atoms with van der Waals surface area (Å²) < 4.78 is 82.0. The lowest BCUT2D eigenvalue weighted by molar-refractivity contribution is -0.137. The smallest absolute Gasteiger partial charge is 0.342 e. The van der Waals surface area contributed by atoms with Gasteiger partial charge in [0, 0.05) is 12.7 Å². The normalized spacial score (nSPS) is 11.4. The molecule has 0 spiro atoms. The summed E-state index contributed by atoms with van der Waals surface area (Å²) in [5.74, 6) is -3.44. The van der Waals surface area contributed by atoms with Crippen LogP contribution in [0.15, 0.2) is 54.6 Å². The summed E-state index contributed by atoms with van der Waals surface area (Å²) in [6.07, 6.45) is -4.78. The highest BCUT2D eigenvalue weighted by Crippen LogP contribution is 2.39. The van der Waals surface area contributed by atoms with Crippen molar-refractivity contribution in [1.82, 2.24) is 0 Å². The number of carbonyl (C=O) groups is 1. The molecule has 0 aliphatic heterocycles. The molecule has 31 heavy (non-hydrogen) atoms. The molecule has 0 heterocycles. The van der Waals surface area contributed by atoms with Crippen molar-refractivity contribution in [1.29, 1.82) is 0 Å². The van der Waals surface area contributed by atoms with Crippen LogP contribution >= 0.6 is 0 Å². The second-order valence-corrected chi connectivity index (χ2v) is 6.77. The van der Waals surface area contributed by atoms with Crippen molar-refractivity contribution in [2.45, 2.75) is 13.1 Å². The zero-order chi connectivity index (χ0) is 22.9. The number of amides is 1. The van der Waals surface area contributed by atoms with Crippen LogP contribution in [0.5, 0.6) is 0 Å². The van der Waals surface area contributed by atoms with Crippen molar-refractivity contribution in [3.8, 4) is 0 Å². The van der Waals surface area contributed by atoms with Crippen LogP contribution in [0.25, 0.3) is 0 Å². The number of benzene rings is 3. The standard InChI is InChI=1S/C22H16F6N2O/c1-12-4-3-5-16(24)20(12)21(31)29-14-7-9-18(17(25)11-14)30(2)19-10-13(23)6-8-15(19)22(26,27)28/h3-11H,1-2H3,(H,29,31). The molecule has 3 aromatic rings. The Hall–Kier alpha value is -3.49. The van der Waals surface area contributed by atoms with Gasteiger partial charge in [0.05, 0.1) is 22.5 Å². The van der Waals surface area contributed by atoms with Gasteiger partial charge in [-0.15, -0.1) is 0 Å². The van der Waals surface area contributed by atoms with Crippen molar-refractivity contribution in [3.05, 3.63) is 88.7 Å². The van der Waals surface area contributed by atoms with Gasteiger partial charge in [0.25, 0.3) is 5.91 Å². The first-order valence-electron chi connectivity index (χ1n) is 8.95. The van der Waals surface area contributed by atoms with E-state index in [9.17, 15) is 31.1 Å². The molecule has 0 atom stereocenters. The van der Waals surface area contributed by atoms with Crippen molar-refractivity contribution in [3.63, 3.8) is 0 Å². The fourth-order valence-corrected chi connectivity index (χ4v) is 3.12. The molecule has 0 unspecified atom stereocenters. The molecule has 0 aromatic heterocycles. The van der Waals surface area contributed by atoms with E-state index in [1.54, 1.807) is 0 Å². The SMILES string of the molecule is Cc1cccc(F)c1C(=O)Nc1ccc(N(C)c2cc(F)ccc2C(F)(F)F)c(F)c1.